The van der Waals surface area contributed by atoms with Crippen molar-refractivity contribution in [2.24, 2.45) is 22.2 Å². The van der Waals surface area contributed by atoms with Gasteiger partial charge in [0.1, 0.15) is 11.2 Å². The van der Waals surface area contributed by atoms with Crippen LogP contribution < -0.4 is 10.2 Å². The lowest BCUT2D eigenvalue weighted by Gasteiger charge is -2.51. The van der Waals surface area contributed by atoms with Gasteiger partial charge in [-0.25, -0.2) is 14.2 Å². The summed E-state index contributed by atoms with van der Waals surface area (Å²) in [6.07, 6.45) is -0.0139. The highest BCUT2D eigenvalue weighted by Gasteiger charge is 2.71. The van der Waals surface area contributed by atoms with Gasteiger partial charge in [-0.15, -0.1) is 11.3 Å². The Bertz CT molecular complexity index is 2090. The molecule has 0 bridgehead atoms. The number of nitrogens with zero attached hydrogens (tertiary/aromatic N) is 3. The molecular weight excluding hydrogens is 817 g/mol. The standard InChI is InChI=1S/C45H56F4N4O7S/c1-4-42(14-13-27(2)59-24-42)25-60-28(3)36(20-58-31-11-9-29(10-12-31)32-7-5-6-8-33(32)40(55)56)51-39(54)34-19-52(37-18-30(46)17-35-38(37)61-26-50-35)21-43(34)22-53(23-43)41(57)44(15-16-44)45(47,48)49/h5-8,17-18,26-29,31,34,36H,4,9-16,19-25H2,1-3H3,(H,51,54)(H,55,56)/t27?,28-,29-,31-,34+,36-,42?/m1/s1. The lowest BCUT2D eigenvalue weighted by Crippen LogP contribution is -2.66. The summed E-state index contributed by atoms with van der Waals surface area (Å²) < 4.78 is 77.2. The fourth-order valence-electron chi connectivity index (χ4n) is 10.2. The Morgan fingerprint density at radius 2 is 1.80 bits per heavy atom. The molecule has 11 nitrogen and oxygen atoms in total. The largest absolute Gasteiger partial charge is 0.478 e. The first-order valence-electron chi connectivity index (χ1n) is 21.7. The molecule has 1 spiro atoms. The molecule has 2 aliphatic carbocycles. The van der Waals surface area contributed by atoms with Crippen LogP contribution in [0.25, 0.3) is 10.2 Å². The fourth-order valence-corrected chi connectivity index (χ4v) is 11.0. The Labute approximate surface area is 357 Å². The average Bonchev–Trinajstić information content (AvgIpc) is 3.77. The molecule has 3 saturated heterocycles. The van der Waals surface area contributed by atoms with Gasteiger partial charge in [0, 0.05) is 43.1 Å². The molecule has 0 radical (unpaired) electrons. The van der Waals surface area contributed by atoms with E-state index >= 15 is 0 Å². The number of carboxylic acids is 1. The summed E-state index contributed by atoms with van der Waals surface area (Å²) >= 11 is 1.34. The normalized spacial score (nSPS) is 28.0. The van der Waals surface area contributed by atoms with E-state index in [1.54, 1.807) is 17.6 Å². The number of fused-ring (bicyclic) bond motifs is 1. The second-order valence-electron chi connectivity index (χ2n) is 18.5. The molecule has 2 aromatic carbocycles. The third-order valence-electron chi connectivity index (χ3n) is 14.6. The topological polar surface area (TPSA) is 131 Å². The number of nitrogens with one attached hydrogen (secondary N) is 1. The molecular formula is C45H56F4N4O7S. The van der Waals surface area contributed by atoms with Gasteiger partial charge in [-0.3, -0.25) is 9.59 Å². The van der Waals surface area contributed by atoms with Crippen molar-refractivity contribution >= 4 is 45.0 Å². The minimum atomic E-state index is -4.66. The highest BCUT2D eigenvalue weighted by atomic mass is 32.1. The molecule has 3 aliphatic heterocycles. The number of benzene rings is 2. The van der Waals surface area contributed by atoms with E-state index in [1.807, 2.05) is 24.0 Å². The smallest absolute Gasteiger partial charge is 0.403 e. The molecule has 61 heavy (non-hydrogen) atoms. The van der Waals surface area contributed by atoms with Crippen molar-refractivity contribution in [1.82, 2.24) is 15.2 Å². The molecule has 16 heteroatoms. The first-order valence-corrected chi connectivity index (χ1v) is 22.6. The molecule has 2 saturated carbocycles. The number of carbonyl (C=O) groups excluding carboxylic acids is 2. The SMILES string of the molecule is CCC1(CO[C@H](C)[C@@H](CO[C@H]2CC[C@H](c3ccccc3C(=O)O)CC2)NC(=O)[C@@H]2CN(c3cc(F)cc4ncsc34)CC23CN(C(=O)C2(C(F)(F)F)CC2)C3)CCC(C)OC1. The van der Waals surface area contributed by atoms with Gasteiger partial charge in [-0.05, 0) is 95.2 Å². The van der Waals surface area contributed by atoms with Crippen molar-refractivity contribution < 1.29 is 51.3 Å². The summed E-state index contributed by atoms with van der Waals surface area (Å²) in [4.78, 5) is 47.6. The van der Waals surface area contributed by atoms with Crippen LogP contribution in [0.5, 0.6) is 0 Å². The number of thiazole rings is 1. The van der Waals surface area contributed by atoms with Crippen molar-refractivity contribution in [1.29, 1.82) is 0 Å². The number of anilines is 1. The van der Waals surface area contributed by atoms with E-state index < -0.39 is 52.8 Å². The monoisotopic (exact) mass is 872 g/mol. The average molecular weight is 873 g/mol. The van der Waals surface area contributed by atoms with Crippen LogP contribution in [-0.2, 0) is 23.8 Å². The number of carboxylic acid groups (broad SMARTS) is 1. The van der Waals surface area contributed by atoms with Crippen LogP contribution in [-0.4, -0.2) is 109 Å². The van der Waals surface area contributed by atoms with E-state index in [0.717, 1.165) is 42.4 Å². The van der Waals surface area contributed by atoms with E-state index in [-0.39, 0.29) is 75.1 Å². The molecule has 3 aromatic rings. The van der Waals surface area contributed by atoms with Crippen LogP contribution in [0, 0.1) is 28.0 Å². The van der Waals surface area contributed by atoms with Gasteiger partial charge in [-0.1, -0.05) is 25.1 Å². The van der Waals surface area contributed by atoms with Gasteiger partial charge in [0.05, 0.1) is 77.1 Å². The Balaban J connectivity index is 1.01. The first kappa shape index (κ1) is 43.8. The van der Waals surface area contributed by atoms with Gasteiger partial charge < -0.3 is 34.4 Å². The maximum Gasteiger partial charge on any atom is 0.403 e. The van der Waals surface area contributed by atoms with Gasteiger partial charge in [0.25, 0.3) is 0 Å². The third kappa shape index (κ3) is 8.62. The Morgan fingerprint density at radius 3 is 2.46 bits per heavy atom. The minimum absolute atomic E-state index is 0.0295. The molecule has 332 valence electrons. The minimum Gasteiger partial charge on any atom is -0.478 e. The van der Waals surface area contributed by atoms with E-state index in [1.165, 1.54) is 28.4 Å². The van der Waals surface area contributed by atoms with Crippen LogP contribution in [0.2, 0.25) is 0 Å². The summed E-state index contributed by atoms with van der Waals surface area (Å²) in [5, 5.41) is 13.0. The number of hydrogen-bond acceptors (Lipinski definition) is 9. The van der Waals surface area contributed by atoms with Crippen LogP contribution in [0.3, 0.4) is 0 Å². The van der Waals surface area contributed by atoms with Gasteiger partial charge in [0.15, 0.2) is 0 Å². The van der Waals surface area contributed by atoms with Crippen molar-refractivity contribution in [2.75, 3.05) is 50.9 Å². The Hall–Kier alpha value is -3.86. The van der Waals surface area contributed by atoms with Crippen LogP contribution in [0.15, 0.2) is 41.9 Å². The molecule has 5 aliphatic rings. The number of likely N-dealkylation sites (tertiary alicyclic amines) is 1. The first-order chi connectivity index (χ1) is 29.1. The molecule has 5 fully saturated rings. The quantitative estimate of drug-likeness (QED) is 0.155. The highest BCUT2D eigenvalue weighted by molar-refractivity contribution is 7.17. The zero-order chi connectivity index (χ0) is 43.3. The molecule has 5 atom stereocenters. The number of halogens is 4. The van der Waals surface area contributed by atoms with Crippen molar-refractivity contribution in [3.63, 3.8) is 0 Å². The fraction of sp³-hybridized carbons (Fsp3) is 0.644. The van der Waals surface area contributed by atoms with Crippen LogP contribution in [0.4, 0.5) is 23.2 Å². The van der Waals surface area contributed by atoms with Gasteiger partial charge in [-0.2, -0.15) is 13.2 Å². The molecule has 1 aromatic heterocycles. The molecule has 2 amide bonds. The number of carbonyl (C=O) groups is 3. The summed E-state index contributed by atoms with van der Waals surface area (Å²) in [5.74, 6) is -3.39. The number of ether oxygens (including phenoxy) is 3. The highest BCUT2D eigenvalue weighted by Crippen LogP contribution is 2.60. The van der Waals surface area contributed by atoms with Gasteiger partial charge in [0.2, 0.25) is 11.8 Å². The summed E-state index contributed by atoms with van der Waals surface area (Å²) in [5.41, 5.74) is 0.350. The maximum absolute atomic E-state index is 15.0. The number of hydrogen-bond donors (Lipinski definition) is 2. The molecule has 4 heterocycles. The second-order valence-corrected chi connectivity index (χ2v) is 19.4. The molecule has 2 unspecified atom stereocenters. The number of alkyl halides is 3. The van der Waals surface area contributed by atoms with Crippen molar-refractivity contribution in [3.05, 3.63) is 58.9 Å². The van der Waals surface area contributed by atoms with E-state index in [4.69, 9.17) is 14.2 Å². The zero-order valence-corrected chi connectivity index (χ0v) is 35.8. The molecule has 2 N–H and O–H groups in total. The number of aromatic nitrogens is 1. The summed E-state index contributed by atoms with van der Waals surface area (Å²) in [7, 11) is 0. The zero-order valence-electron chi connectivity index (χ0n) is 35.0. The second kappa shape index (κ2) is 17.0. The van der Waals surface area contributed by atoms with E-state index in [0.29, 0.717) is 42.8 Å². The summed E-state index contributed by atoms with van der Waals surface area (Å²) in [6.45, 7) is 7.55. The lowest BCUT2D eigenvalue weighted by atomic mass is 9.70. The van der Waals surface area contributed by atoms with Gasteiger partial charge >= 0.3 is 12.1 Å². The number of rotatable bonds is 14. The molecule has 8 rings (SSSR count). The Morgan fingerprint density at radius 1 is 1.07 bits per heavy atom. The van der Waals surface area contributed by atoms with Crippen molar-refractivity contribution in [2.45, 2.75) is 115 Å². The van der Waals surface area contributed by atoms with E-state index in [9.17, 15) is 37.1 Å². The number of aromatic carboxylic acids is 1. The predicted molar refractivity (Wildman–Crippen MR) is 221 cm³/mol. The van der Waals surface area contributed by atoms with Crippen molar-refractivity contribution in [3.8, 4) is 0 Å². The van der Waals surface area contributed by atoms with Crippen LogP contribution in [0.1, 0.15) is 100 Å². The Kier molecular flexibility index (Phi) is 12.2. The van der Waals surface area contributed by atoms with E-state index in [2.05, 4.69) is 24.1 Å². The summed E-state index contributed by atoms with van der Waals surface area (Å²) in [6, 6.07) is 9.24. The number of amides is 2. The predicted octanol–water partition coefficient (Wildman–Crippen LogP) is 7.97. The van der Waals surface area contributed by atoms with Crippen LogP contribution >= 0.6 is 11.3 Å². The lowest BCUT2D eigenvalue weighted by molar-refractivity contribution is -0.205. The third-order valence-corrected chi connectivity index (χ3v) is 15.4. The maximum atomic E-state index is 15.0.